The zero-order chi connectivity index (χ0) is 17.4. The van der Waals surface area contributed by atoms with Crippen molar-refractivity contribution in [1.82, 2.24) is 9.80 Å². The highest BCUT2D eigenvalue weighted by molar-refractivity contribution is 5.60. The van der Waals surface area contributed by atoms with Crippen LogP contribution < -0.4 is 4.90 Å². The molecule has 0 amide bonds. The molecule has 4 nitrogen and oxygen atoms in total. The first-order valence-corrected chi connectivity index (χ1v) is 10.1. The molecule has 3 heterocycles. The number of nitrogens with zero attached hydrogens (tertiary/aromatic N) is 3. The number of fused-ring (bicyclic) bond motifs is 3. The van der Waals surface area contributed by atoms with E-state index in [1.807, 2.05) is 0 Å². The molecule has 3 aliphatic rings. The minimum atomic E-state index is 0.638. The average Bonchev–Trinajstić information content (AvgIpc) is 3.07. The van der Waals surface area contributed by atoms with Gasteiger partial charge in [0.05, 0.1) is 13.2 Å². The van der Waals surface area contributed by atoms with Gasteiger partial charge in [-0.1, -0.05) is 17.7 Å². The van der Waals surface area contributed by atoms with Gasteiger partial charge in [0.25, 0.3) is 0 Å². The van der Waals surface area contributed by atoms with Crippen LogP contribution in [-0.2, 0) is 4.74 Å². The van der Waals surface area contributed by atoms with E-state index in [9.17, 15) is 0 Å². The monoisotopic (exact) mass is 343 g/mol. The fourth-order valence-corrected chi connectivity index (χ4v) is 5.16. The number of morpholine rings is 1. The molecule has 2 saturated heterocycles. The predicted octanol–water partition coefficient (Wildman–Crippen LogP) is 2.57. The van der Waals surface area contributed by atoms with Crippen molar-refractivity contribution in [3.05, 3.63) is 29.3 Å². The summed E-state index contributed by atoms with van der Waals surface area (Å²) >= 11 is 0. The van der Waals surface area contributed by atoms with Gasteiger partial charge in [-0.25, -0.2) is 0 Å². The van der Waals surface area contributed by atoms with E-state index >= 15 is 0 Å². The van der Waals surface area contributed by atoms with E-state index < -0.39 is 0 Å². The molecule has 3 atom stereocenters. The van der Waals surface area contributed by atoms with Gasteiger partial charge < -0.3 is 14.5 Å². The van der Waals surface area contributed by atoms with Crippen LogP contribution in [0.15, 0.2) is 18.2 Å². The zero-order valence-corrected chi connectivity index (χ0v) is 16.1. The number of likely N-dealkylation sites (tertiary alicyclic amines) is 1. The molecule has 25 heavy (non-hydrogen) atoms. The lowest BCUT2D eigenvalue weighted by Crippen LogP contribution is -2.45. The molecule has 0 radical (unpaired) electrons. The van der Waals surface area contributed by atoms with E-state index in [2.05, 4.69) is 53.7 Å². The maximum Gasteiger partial charge on any atom is 0.0594 e. The predicted molar refractivity (Wildman–Crippen MR) is 104 cm³/mol. The maximum absolute atomic E-state index is 5.48. The highest BCUT2D eigenvalue weighted by atomic mass is 16.5. The first-order chi connectivity index (χ1) is 12.2. The molecule has 0 bridgehead atoms. The summed E-state index contributed by atoms with van der Waals surface area (Å²) in [6.07, 6.45) is 0. The molecular formula is C21H33N3O. The van der Waals surface area contributed by atoms with Gasteiger partial charge >= 0.3 is 0 Å². The highest BCUT2D eigenvalue weighted by Gasteiger charge is 2.43. The molecule has 0 aliphatic carbocycles. The number of hydrogen-bond acceptors (Lipinski definition) is 4. The van der Waals surface area contributed by atoms with Gasteiger partial charge in [-0.15, -0.1) is 0 Å². The summed E-state index contributed by atoms with van der Waals surface area (Å²) in [5.41, 5.74) is 4.48. The van der Waals surface area contributed by atoms with Gasteiger partial charge in [0.1, 0.15) is 0 Å². The third kappa shape index (κ3) is 3.32. The van der Waals surface area contributed by atoms with Crippen molar-refractivity contribution in [1.29, 1.82) is 0 Å². The zero-order valence-electron chi connectivity index (χ0n) is 16.1. The molecule has 1 aromatic rings. The van der Waals surface area contributed by atoms with Crippen molar-refractivity contribution in [2.24, 2.45) is 5.92 Å². The summed E-state index contributed by atoms with van der Waals surface area (Å²) in [5.74, 6) is 1.47. The average molecular weight is 344 g/mol. The van der Waals surface area contributed by atoms with Crippen LogP contribution in [0.4, 0.5) is 5.69 Å². The van der Waals surface area contributed by atoms with E-state index in [-0.39, 0.29) is 0 Å². The molecular weight excluding hydrogens is 310 g/mol. The SMILES string of the molecule is CCN1c2ccc(C)cc2C2CN(CCN3CCOCC3)CC2C1C. The normalized spacial score (nSPS) is 30.4. The quantitative estimate of drug-likeness (QED) is 0.836. The molecule has 0 aromatic heterocycles. The molecule has 0 N–H and O–H groups in total. The lowest BCUT2D eigenvalue weighted by atomic mass is 9.78. The standard InChI is InChI=1S/C21H33N3O/c1-4-24-17(3)19-14-23(8-7-22-9-11-25-12-10-22)15-20(19)18-13-16(2)5-6-21(18)24/h5-6,13,17,19-20H,4,7-12,14-15H2,1-3H3. The Morgan fingerprint density at radius 2 is 1.84 bits per heavy atom. The van der Waals surface area contributed by atoms with Gasteiger partial charge in [-0.3, -0.25) is 4.90 Å². The molecule has 4 rings (SSSR count). The van der Waals surface area contributed by atoms with E-state index in [1.165, 1.54) is 37.4 Å². The van der Waals surface area contributed by atoms with Crippen LogP contribution in [0.1, 0.15) is 30.9 Å². The van der Waals surface area contributed by atoms with Crippen molar-refractivity contribution >= 4 is 5.69 Å². The minimum absolute atomic E-state index is 0.638. The van der Waals surface area contributed by atoms with Crippen molar-refractivity contribution in [3.8, 4) is 0 Å². The van der Waals surface area contributed by atoms with E-state index in [1.54, 1.807) is 5.56 Å². The number of hydrogen-bond donors (Lipinski definition) is 0. The number of anilines is 1. The summed E-state index contributed by atoms with van der Waals surface area (Å²) in [7, 11) is 0. The van der Waals surface area contributed by atoms with E-state index in [4.69, 9.17) is 4.74 Å². The lowest BCUT2D eigenvalue weighted by molar-refractivity contribution is 0.0342. The Morgan fingerprint density at radius 3 is 2.60 bits per heavy atom. The molecule has 3 aliphatic heterocycles. The summed E-state index contributed by atoms with van der Waals surface area (Å²) < 4.78 is 5.48. The molecule has 0 saturated carbocycles. The van der Waals surface area contributed by atoms with Crippen molar-refractivity contribution in [2.75, 3.05) is 63.9 Å². The summed E-state index contributed by atoms with van der Waals surface area (Å²) in [4.78, 5) is 7.90. The van der Waals surface area contributed by atoms with E-state index in [0.717, 1.165) is 38.8 Å². The Hall–Kier alpha value is -1.10. The number of benzene rings is 1. The van der Waals surface area contributed by atoms with Crippen LogP contribution in [-0.4, -0.2) is 74.9 Å². The third-order valence-corrected chi connectivity index (χ3v) is 6.62. The fourth-order valence-electron chi connectivity index (χ4n) is 5.16. The van der Waals surface area contributed by atoms with Crippen LogP contribution >= 0.6 is 0 Å². The topological polar surface area (TPSA) is 19.0 Å². The van der Waals surface area contributed by atoms with Gasteiger partial charge in [0.15, 0.2) is 0 Å². The highest BCUT2D eigenvalue weighted by Crippen LogP contribution is 2.46. The van der Waals surface area contributed by atoms with Crippen LogP contribution in [0.3, 0.4) is 0 Å². The second kappa shape index (κ2) is 7.26. The summed E-state index contributed by atoms with van der Waals surface area (Å²) in [6, 6.07) is 7.72. The number of ether oxygens (including phenoxy) is 1. The van der Waals surface area contributed by atoms with Crippen LogP contribution in [0.25, 0.3) is 0 Å². The first-order valence-electron chi connectivity index (χ1n) is 10.1. The van der Waals surface area contributed by atoms with Crippen molar-refractivity contribution in [2.45, 2.75) is 32.7 Å². The molecule has 1 aromatic carbocycles. The second-order valence-electron chi connectivity index (χ2n) is 8.07. The lowest BCUT2D eigenvalue weighted by Gasteiger charge is -2.43. The van der Waals surface area contributed by atoms with Crippen LogP contribution in [0.2, 0.25) is 0 Å². The Bertz CT molecular complexity index is 599. The Labute approximate surface area is 152 Å². The molecule has 138 valence electrons. The Kier molecular flexibility index (Phi) is 5.03. The number of aryl methyl sites for hydroxylation is 1. The van der Waals surface area contributed by atoms with Gasteiger partial charge in [-0.2, -0.15) is 0 Å². The van der Waals surface area contributed by atoms with E-state index in [0.29, 0.717) is 12.0 Å². The largest absolute Gasteiger partial charge is 0.379 e. The minimum Gasteiger partial charge on any atom is -0.379 e. The summed E-state index contributed by atoms with van der Waals surface area (Å²) in [5, 5.41) is 0. The molecule has 2 fully saturated rings. The summed E-state index contributed by atoms with van der Waals surface area (Å²) in [6.45, 7) is 17.0. The molecule has 0 spiro atoms. The van der Waals surface area contributed by atoms with Gasteiger partial charge in [0, 0.05) is 63.5 Å². The van der Waals surface area contributed by atoms with Gasteiger partial charge in [0.2, 0.25) is 0 Å². The van der Waals surface area contributed by atoms with Crippen LogP contribution in [0.5, 0.6) is 0 Å². The van der Waals surface area contributed by atoms with Crippen LogP contribution in [0, 0.1) is 12.8 Å². The number of rotatable bonds is 4. The Morgan fingerprint density at radius 1 is 1.08 bits per heavy atom. The van der Waals surface area contributed by atoms with Gasteiger partial charge in [-0.05, 0) is 38.3 Å². The van der Waals surface area contributed by atoms with Crippen molar-refractivity contribution in [3.63, 3.8) is 0 Å². The fraction of sp³-hybridized carbons (Fsp3) is 0.714. The molecule has 3 unspecified atom stereocenters. The first kappa shape index (κ1) is 17.3. The Balaban J connectivity index is 1.48. The third-order valence-electron chi connectivity index (χ3n) is 6.62. The maximum atomic E-state index is 5.48. The smallest absolute Gasteiger partial charge is 0.0594 e. The molecule has 4 heteroatoms. The van der Waals surface area contributed by atoms with Crippen molar-refractivity contribution < 1.29 is 4.74 Å². The second-order valence-corrected chi connectivity index (χ2v) is 8.07.